The third kappa shape index (κ3) is 6.90. The first-order chi connectivity index (χ1) is 33.8. The number of para-hydroxylation sites is 1. The highest BCUT2D eigenvalue weighted by atomic mass is 15.0. The molecule has 0 fully saturated rings. The third-order valence-corrected chi connectivity index (χ3v) is 14.4. The summed E-state index contributed by atoms with van der Waals surface area (Å²) in [6.45, 7) is 6.82. The summed E-state index contributed by atoms with van der Waals surface area (Å²) in [4.78, 5) is 4.77. The molecule has 2 heterocycles. The van der Waals surface area contributed by atoms with Crippen molar-refractivity contribution in [3.8, 4) is 61.3 Å². The van der Waals surface area contributed by atoms with Gasteiger partial charge in [0.2, 0.25) is 0 Å². The lowest BCUT2D eigenvalue weighted by Crippen LogP contribution is -2.13. The van der Waals surface area contributed by atoms with E-state index >= 15 is 0 Å². The molecule has 69 heavy (non-hydrogen) atoms. The van der Waals surface area contributed by atoms with Gasteiger partial charge >= 0.3 is 0 Å². The van der Waals surface area contributed by atoms with E-state index in [0.29, 0.717) is 0 Å². The van der Waals surface area contributed by atoms with Crippen LogP contribution in [0.2, 0.25) is 0 Å². The minimum Gasteiger partial charge on any atom is -0.309 e. The predicted molar refractivity (Wildman–Crippen MR) is 294 cm³/mol. The number of nitrogens with zero attached hydrogens (tertiary/aromatic N) is 2. The summed E-state index contributed by atoms with van der Waals surface area (Å²) in [5.41, 5.74) is 17.0. The molecular formula is C67H48N2. The van der Waals surface area contributed by atoms with Crippen molar-refractivity contribution in [1.82, 2.24) is 9.55 Å². The van der Waals surface area contributed by atoms with Crippen molar-refractivity contribution < 1.29 is 0 Å². The van der Waals surface area contributed by atoms with Crippen molar-refractivity contribution in [3.05, 3.63) is 242 Å². The number of hydrogen-bond acceptors (Lipinski definition) is 1. The van der Waals surface area contributed by atoms with Gasteiger partial charge in [-0.25, -0.2) is 0 Å². The van der Waals surface area contributed by atoms with Gasteiger partial charge in [0.15, 0.2) is 0 Å². The molecule has 13 aromatic rings. The van der Waals surface area contributed by atoms with Crippen LogP contribution in [0.15, 0.2) is 237 Å². The van der Waals surface area contributed by atoms with E-state index in [1.54, 1.807) is 0 Å². The zero-order chi connectivity index (χ0) is 46.2. The molecule has 2 heteroatoms. The van der Waals surface area contributed by atoms with Crippen LogP contribution in [-0.4, -0.2) is 9.55 Å². The van der Waals surface area contributed by atoms with Crippen molar-refractivity contribution in [2.75, 3.05) is 0 Å². The fraction of sp³-hybridized carbons (Fsp3) is 0.0597. The molecule has 0 amide bonds. The minimum atomic E-state index is -0.0686. The van der Waals surface area contributed by atoms with Crippen LogP contribution in [0.3, 0.4) is 0 Å². The van der Waals surface area contributed by atoms with E-state index in [9.17, 15) is 0 Å². The Kier molecular flexibility index (Phi) is 9.45. The SMILES string of the molecule is CC(C)(C)c1cncc2c3cc(-c4ccc5cc(-c6ccc(-c7c8ccccc8c(-c8ccc(-c9ccc%10ccccc%10c9)cc8)c8ccccc78)cc6)ccc5c4)ccc3n(-c3ccccc3)c12. The quantitative estimate of drug-likeness (QED) is 0.152. The van der Waals surface area contributed by atoms with E-state index in [-0.39, 0.29) is 5.41 Å². The normalized spacial score (nSPS) is 12.0. The Hall–Kier alpha value is -8.59. The fourth-order valence-electron chi connectivity index (χ4n) is 10.9. The predicted octanol–water partition coefficient (Wildman–Crippen LogP) is 18.4. The Morgan fingerprint density at radius 3 is 1.26 bits per heavy atom. The van der Waals surface area contributed by atoms with Crippen LogP contribution in [0, 0.1) is 0 Å². The van der Waals surface area contributed by atoms with Crippen LogP contribution in [0.4, 0.5) is 0 Å². The van der Waals surface area contributed by atoms with Crippen molar-refractivity contribution in [2.45, 2.75) is 26.2 Å². The summed E-state index contributed by atoms with van der Waals surface area (Å²) < 4.78 is 2.42. The number of fused-ring (bicyclic) bond motifs is 7. The first kappa shape index (κ1) is 40.7. The lowest BCUT2D eigenvalue weighted by Gasteiger charge is -2.21. The van der Waals surface area contributed by atoms with Gasteiger partial charge in [-0.15, -0.1) is 0 Å². The van der Waals surface area contributed by atoms with E-state index in [4.69, 9.17) is 4.98 Å². The lowest BCUT2D eigenvalue weighted by atomic mass is 9.85. The van der Waals surface area contributed by atoms with E-state index in [1.165, 1.54) is 126 Å². The molecule has 0 aliphatic rings. The van der Waals surface area contributed by atoms with Gasteiger partial charge in [0.25, 0.3) is 0 Å². The van der Waals surface area contributed by atoms with E-state index < -0.39 is 0 Å². The highest BCUT2D eigenvalue weighted by Crippen LogP contribution is 2.45. The fourth-order valence-corrected chi connectivity index (χ4v) is 10.9. The molecule has 0 bridgehead atoms. The molecule has 0 aliphatic carbocycles. The van der Waals surface area contributed by atoms with Gasteiger partial charge in [-0.1, -0.05) is 203 Å². The molecule has 0 radical (unpaired) electrons. The standard InChI is InChI=1S/C67H48N2/c1-67(2,3)62-42-68-41-61-60-40-54(35-36-63(60)69(66(61)62)55-15-5-4-6-16-55)53-34-33-51-38-50(31-32-52(51)39-53)45-23-28-47(29-24-45)65-58-19-11-9-17-56(58)64(57-18-10-12-20-59(57)65)46-26-21-44(22-27-46)49-30-25-43-13-7-8-14-48(43)37-49/h4-42H,1-3H3. The molecule has 0 aliphatic heterocycles. The van der Waals surface area contributed by atoms with Gasteiger partial charge in [-0.2, -0.15) is 0 Å². The summed E-state index contributed by atoms with van der Waals surface area (Å²) in [5.74, 6) is 0. The molecule has 0 saturated heterocycles. The number of hydrogen-bond donors (Lipinski definition) is 0. The molecule has 0 atom stereocenters. The molecular weight excluding hydrogens is 833 g/mol. The zero-order valence-electron chi connectivity index (χ0n) is 38.9. The second-order valence-electron chi connectivity index (χ2n) is 19.6. The van der Waals surface area contributed by atoms with Crippen molar-refractivity contribution in [1.29, 1.82) is 0 Å². The Morgan fingerprint density at radius 1 is 0.319 bits per heavy atom. The van der Waals surface area contributed by atoms with Gasteiger partial charge in [0, 0.05) is 34.4 Å². The van der Waals surface area contributed by atoms with E-state index in [2.05, 4.69) is 250 Å². The van der Waals surface area contributed by atoms with Crippen LogP contribution >= 0.6 is 0 Å². The zero-order valence-corrected chi connectivity index (χ0v) is 38.9. The molecule has 2 nitrogen and oxygen atoms in total. The Morgan fingerprint density at radius 2 is 0.725 bits per heavy atom. The lowest BCUT2D eigenvalue weighted by molar-refractivity contribution is 0.591. The molecule has 0 spiro atoms. The first-order valence-corrected chi connectivity index (χ1v) is 24.0. The van der Waals surface area contributed by atoms with Gasteiger partial charge in [-0.05, 0) is 147 Å². The smallest absolute Gasteiger partial charge is 0.0609 e. The summed E-state index contributed by atoms with van der Waals surface area (Å²) >= 11 is 0. The summed E-state index contributed by atoms with van der Waals surface area (Å²) in [5, 5.41) is 12.4. The van der Waals surface area contributed by atoms with Crippen LogP contribution in [0.1, 0.15) is 26.3 Å². The molecule has 2 aromatic heterocycles. The maximum Gasteiger partial charge on any atom is 0.0609 e. The van der Waals surface area contributed by atoms with Crippen LogP contribution in [0.25, 0.3) is 126 Å². The molecule has 13 rings (SSSR count). The Bertz CT molecular complexity index is 4080. The monoisotopic (exact) mass is 880 g/mol. The van der Waals surface area contributed by atoms with Crippen molar-refractivity contribution >= 4 is 64.9 Å². The van der Waals surface area contributed by atoms with Crippen LogP contribution in [0.5, 0.6) is 0 Å². The van der Waals surface area contributed by atoms with Crippen molar-refractivity contribution in [2.24, 2.45) is 0 Å². The molecule has 11 aromatic carbocycles. The van der Waals surface area contributed by atoms with Gasteiger partial charge in [0.05, 0.1) is 11.0 Å². The van der Waals surface area contributed by atoms with E-state index in [0.717, 1.165) is 5.69 Å². The van der Waals surface area contributed by atoms with Gasteiger partial charge in [-0.3, -0.25) is 4.98 Å². The summed E-state index contributed by atoms with van der Waals surface area (Å²) in [6, 6.07) is 82.8. The van der Waals surface area contributed by atoms with Crippen molar-refractivity contribution in [3.63, 3.8) is 0 Å². The topological polar surface area (TPSA) is 17.8 Å². The molecule has 326 valence electrons. The van der Waals surface area contributed by atoms with Crippen LogP contribution < -0.4 is 0 Å². The second kappa shape index (κ2) is 16.0. The summed E-state index contributed by atoms with van der Waals surface area (Å²) in [7, 11) is 0. The maximum atomic E-state index is 4.77. The largest absolute Gasteiger partial charge is 0.309 e. The molecule has 0 saturated carbocycles. The highest BCUT2D eigenvalue weighted by Gasteiger charge is 2.24. The Labute approximate surface area is 402 Å². The summed E-state index contributed by atoms with van der Waals surface area (Å²) in [6.07, 6.45) is 4.09. The minimum absolute atomic E-state index is 0.0686. The number of aromatic nitrogens is 2. The maximum absolute atomic E-state index is 4.77. The van der Waals surface area contributed by atoms with Crippen LogP contribution in [-0.2, 0) is 5.41 Å². The molecule has 0 unspecified atom stereocenters. The number of rotatable bonds is 6. The molecule has 0 N–H and O–H groups in total. The third-order valence-electron chi connectivity index (χ3n) is 14.4. The van der Waals surface area contributed by atoms with Gasteiger partial charge in [0.1, 0.15) is 0 Å². The Balaban J connectivity index is 0.834. The average Bonchev–Trinajstić information content (AvgIpc) is 3.73. The van der Waals surface area contributed by atoms with E-state index in [1.807, 2.05) is 12.4 Å². The first-order valence-electron chi connectivity index (χ1n) is 24.0. The average molecular weight is 881 g/mol. The number of pyridine rings is 1. The number of benzene rings is 11. The highest BCUT2D eigenvalue weighted by molar-refractivity contribution is 6.21. The second-order valence-corrected chi connectivity index (χ2v) is 19.6. The van der Waals surface area contributed by atoms with Gasteiger partial charge < -0.3 is 4.57 Å².